The minimum absolute atomic E-state index is 0.0518. The number of carbonyl (C=O) groups is 1. The topological polar surface area (TPSA) is 42.2 Å². The first-order valence-electron chi connectivity index (χ1n) is 7.77. The largest absolute Gasteiger partial charge is 0.459 e. The van der Waals surface area contributed by atoms with E-state index in [0.29, 0.717) is 24.5 Å². The Labute approximate surface area is 140 Å². The van der Waals surface area contributed by atoms with Gasteiger partial charge in [0, 0.05) is 5.56 Å². The molecule has 24 heavy (non-hydrogen) atoms. The van der Waals surface area contributed by atoms with Crippen LogP contribution >= 0.6 is 0 Å². The van der Waals surface area contributed by atoms with E-state index in [1.54, 1.807) is 12.1 Å². The molecule has 1 N–H and O–H groups in total. The van der Waals surface area contributed by atoms with Gasteiger partial charge < -0.3 is 9.73 Å². The van der Waals surface area contributed by atoms with Gasteiger partial charge in [-0.05, 0) is 54.4 Å². The van der Waals surface area contributed by atoms with Crippen molar-refractivity contribution in [1.82, 2.24) is 5.32 Å². The number of hydrogen-bond acceptors (Lipinski definition) is 2. The van der Waals surface area contributed by atoms with E-state index in [1.165, 1.54) is 12.1 Å². The lowest BCUT2D eigenvalue weighted by molar-refractivity contribution is -0.120. The second-order valence-electron chi connectivity index (χ2n) is 5.65. The highest BCUT2D eigenvalue weighted by Gasteiger charge is 2.08. The zero-order valence-electron chi connectivity index (χ0n) is 13.4. The Morgan fingerprint density at radius 2 is 1.79 bits per heavy atom. The molecule has 1 aromatic heterocycles. The Bertz CT molecular complexity index is 837. The quantitative estimate of drug-likeness (QED) is 0.762. The van der Waals surface area contributed by atoms with Crippen LogP contribution in [0.15, 0.2) is 65.1 Å². The third-order valence-corrected chi connectivity index (χ3v) is 3.86. The van der Waals surface area contributed by atoms with Gasteiger partial charge in [-0.25, -0.2) is 4.39 Å². The molecule has 0 saturated carbocycles. The number of amides is 1. The number of nitrogens with one attached hydrogen (secondary N) is 1. The summed E-state index contributed by atoms with van der Waals surface area (Å²) in [6, 6.07) is 17.6. The molecule has 0 unspecified atom stereocenters. The first-order valence-corrected chi connectivity index (χ1v) is 7.77. The van der Waals surface area contributed by atoms with Crippen molar-refractivity contribution < 1.29 is 13.6 Å². The Morgan fingerprint density at radius 1 is 1.04 bits per heavy atom. The molecule has 0 fully saturated rings. The molecule has 1 amide bonds. The molecule has 2 aromatic carbocycles. The van der Waals surface area contributed by atoms with Crippen molar-refractivity contribution in [2.24, 2.45) is 0 Å². The van der Waals surface area contributed by atoms with Gasteiger partial charge in [0.25, 0.3) is 0 Å². The van der Waals surface area contributed by atoms with Crippen molar-refractivity contribution in [1.29, 1.82) is 0 Å². The fourth-order valence-corrected chi connectivity index (χ4v) is 2.47. The van der Waals surface area contributed by atoms with Gasteiger partial charge in [-0.3, -0.25) is 4.79 Å². The van der Waals surface area contributed by atoms with Crippen LogP contribution in [0.2, 0.25) is 0 Å². The van der Waals surface area contributed by atoms with E-state index < -0.39 is 0 Å². The number of aryl methyl sites for hydroxylation is 1. The molecule has 0 atom stereocenters. The average molecular weight is 323 g/mol. The van der Waals surface area contributed by atoms with Gasteiger partial charge in [0.1, 0.15) is 17.3 Å². The number of carbonyl (C=O) groups excluding carboxylic acids is 1. The molecule has 0 aliphatic carbocycles. The third-order valence-electron chi connectivity index (χ3n) is 3.86. The zero-order valence-corrected chi connectivity index (χ0v) is 13.4. The number of hydrogen-bond donors (Lipinski definition) is 1. The van der Waals surface area contributed by atoms with E-state index in [0.717, 1.165) is 16.7 Å². The molecule has 0 aliphatic rings. The van der Waals surface area contributed by atoms with Crippen LogP contribution in [0.1, 0.15) is 16.9 Å². The highest BCUT2D eigenvalue weighted by molar-refractivity contribution is 5.78. The summed E-state index contributed by atoms with van der Waals surface area (Å²) in [4.78, 5) is 12.1. The van der Waals surface area contributed by atoms with Crippen molar-refractivity contribution in [2.75, 3.05) is 0 Å². The Morgan fingerprint density at radius 3 is 2.54 bits per heavy atom. The van der Waals surface area contributed by atoms with Crippen LogP contribution in [-0.2, 0) is 17.8 Å². The van der Waals surface area contributed by atoms with Gasteiger partial charge >= 0.3 is 0 Å². The van der Waals surface area contributed by atoms with Crippen LogP contribution in [0.25, 0.3) is 11.3 Å². The standard InChI is InChI=1S/C20H18FNO2/c1-14-4-2-3-5-16(14)12-20(23)22-13-18-10-11-19(24-18)15-6-8-17(21)9-7-15/h2-11H,12-13H2,1H3,(H,22,23). The van der Waals surface area contributed by atoms with Crippen molar-refractivity contribution in [3.8, 4) is 11.3 Å². The van der Waals surface area contributed by atoms with Crippen LogP contribution in [0.3, 0.4) is 0 Å². The summed E-state index contributed by atoms with van der Waals surface area (Å²) in [5, 5.41) is 2.86. The highest BCUT2D eigenvalue weighted by Crippen LogP contribution is 2.22. The summed E-state index contributed by atoms with van der Waals surface area (Å²) < 4.78 is 18.6. The molecule has 0 saturated heterocycles. The molecule has 3 aromatic rings. The lowest BCUT2D eigenvalue weighted by Gasteiger charge is -2.06. The van der Waals surface area contributed by atoms with Crippen LogP contribution in [-0.4, -0.2) is 5.91 Å². The van der Waals surface area contributed by atoms with Crippen LogP contribution < -0.4 is 5.32 Å². The summed E-state index contributed by atoms with van der Waals surface area (Å²) >= 11 is 0. The number of benzene rings is 2. The number of halogens is 1. The predicted molar refractivity (Wildman–Crippen MR) is 90.8 cm³/mol. The maximum absolute atomic E-state index is 12.9. The second kappa shape index (κ2) is 7.13. The minimum atomic E-state index is -0.283. The van der Waals surface area contributed by atoms with E-state index in [-0.39, 0.29) is 11.7 Å². The van der Waals surface area contributed by atoms with Crippen LogP contribution in [0.5, 0.6) is 0 Å². The highest BCUT2D eigenvalue weighted by atomic mass is 19.1. The van der Waals surface area contributed by atoms with E-state index in [1.807, 2.05) is 43.3 Å². The fourth-order valence-electron chi connectivity index (χ4n) is 2.47. The lowest BCUT2D eigenvalue weighted by Crippen LogP contribution is -2.24. The summed E-state index contributed by atoms with van der Waals surface area (Å²) in [6.07, 6.45) is 0.345. The third kappa shape index (κ3) is 3.90. The van der Waals surface area contributed by atoms with Crippen molar-refractivity contribution in [2.45, 2.75) is 19.9 Å². The summed E-state index contributed by atoms with van der Waals surface area (Å²) in [5.41, 5.74) is 2.92. The van der Waals surface area contributed by atoms with Crippen molar-refractivity contribution in [3.05, 3.63) is 83.4 Å². The smallest absolute Gasteiger partial charge is 0.224 e. The molecule has 0 radical (unpaired) electrons. The molecular formula is C20H18FNO2. The van der Waals surface area contributed by atoms with Gasteiger partial charge in [0.2, 0.25) is 5.91 Å². The normalized spacial score (nSPS) is 10.6. The van der Waals surface area contributed by atoms with E-state index >= 15 is 0 Å². The van der Waals surface area contributed by atoms with Crippen molar-refractivity contribution in [3.63, 3.8) is 0 Å². The van der Waals surface area contributed by atoms with Crippen LogP contribution in [0.4, 0.5) is 4.39 Å². The summed E-state index contributed by atoms with van der Waals surface area (Å²) in [5.74, 6) is 0.976. The number of rotatable bonds is 5. The Kier molecular flexibility index (Phi) is 4.75. The molecule has 1 heterocycles. The van der Waals surface area contributed by atoms with Gasteiger partial charge in [0.05, 0.1) is 13.0 Å². The molecule has 0 spiro atoms. The Hall–Kier alpha value is -2.88. The minimum Gasteiger partial charge on any atom is -0.459 e. The first kappa shape index (κ1) is 16.0. The first-order chi connectivity index (χ1) is 11.6. The van der Waals surface area contributed by atoms with Gasteiger partial charge in [0.15, 0.2) is 0 Å². The zero-order chi connectivity index (χ0) is 16.9. The Balaban J connectivity index is 1.58. The molecule has 122 valence electrons. The molecule has 0 aliphatic heterocycles. The predicted octanol–water partition coefficient (Wildman–Crippen LogP) is 4.25. The molecule has 0 bridgehead atoms. The lowest BCUT2D eigenvalue weighted by atomic mass is 10.1. The second-order valence-corrected chi connectivity index (χ2v) is 5.65. The maximum Gasteiger partial charge on any atom is 0.224 e. The number of furan rings is 1. The monoisotopic (exact) mass is 323 g/mol. The van der Waals surface area contributed by atoms with E-state index in [9.17, 15) is 9.18 Å². The van der Waals surface area contributed by atoms with Gasteiger partial charge in [-0.2, -0.15) is 0 Å². The average Bonchev–Trinajstić information content (AvgIpc) is 3.05. The van der Waals surface area contributed by atoms with Gasteiger partial charge in [-0.15, -0.1) is 0 Å². The van der Waals surface area contributed by atoms with E-state index in [4.69, 9.17) is 4.42 Å². The fraction of sp³-hybridized carbons (Fsp3) is 0.150. The SMILES string of the molecule is Cc1ccccc1CC(=O)NCc1ccc(-c2ccc(F)cc2)o1. The maximum atomic E-state index is 12.9. The van der Waals surface area contributed by atoms with E-state index in [2.05, 4.69) is 5.32 Å². The molecule has 3 nitrogen and oxygen atoms in total. The molecule has 3 rings (SSSR count). The van der Waals surface area contributed by atoms with Gasteiger partial charge in [-0.1, -0.05) is 24.3 Å². The van der Waals surface area contributed by atoms with Crippen molar-refractivity contribution >= 4 is 5.91 Å². The molecule has 4 heteroatoms. The summed E-state index contributed by atoms with van der Waals surface area (Å²) in [6.45, 7) is 2.32. The van der Waals surface area contributed by atoms with Crippen LogP contribution in [0, 0.1) is 12.7 Å². The molecular weight excluding hydrogens is 305 g/mol. The summed E-state index contributed by atoms with van der Waals surface area (Å²) in [7, 11) is 0.